The van der Waals surface area contributed by atoms with Crippen molar-refractivity contribution >= 4 is 0 Å². The summed E-state index contributed by atoms with van der Waals surface area (Å²) in [6, 6.07) is 7.02. The molecule has 2 heteroatoms. The molecule has 1 aromatic rings. The summed E-state index contributed by atoms with van der Waals surface area (Å²) in [5.41, 5.74) is 2.80. The smallest absolute Gasteiger partial charge is 0.119 e. The molecule has 1 atom stereocenters. The summed E-state index contributed by atoms with van der Waals surface area (Å²) in [5.74, 6) is 1.86. The minimum atomic E-state index is 0.499. The van der Waals surface area contributed by atoms with E-state index in [-0.39, 0.29) is 0 Å². The highest BCUT2D eigenvalue weighted by atomic mass is 16.5. The first-order chi connectivity index (χ1) is 10.2. The molecular formula is C19H31NO. The summed E-state index contributed by atoms with van der Waals surface area (Å²) >= 11 is 0. The van der Waals surface area contributed by atoms with E-state index in [4.69, 9.17) is 4.74 Å². The first kappa shape index (κ1) is 16.4. The summed E-state index contributed by atoms with van der Waals surface area (Å²) < 4.78 is 5.34. The molecule has 0 amide bonds. The molecule has 0 saturated heterocycles. The topological polar surface area (TPSA) is 21.3 Å². The van der Waals surface area contributed by atoms with E-state index >= 15 is 0 Å². The summed E-state index contributed by atoms with van der Waals surface area (Å²) in [4.78, 5) is 0. The highest BCUT2D eigenvalue weighted by Crippen LogP contribution is 2.33. The van der Waals surface area contributed by atoms with Crippen LogP contribution in [0.25, 0.3) is 0 Å². The van der Waals surface area contributed by atoms with E-state index in [1.165, 1.54) is 56.1 Å². The van der Waals surface area contributed by atoms with E-state index in [2.05, 4.69) is 37.4 Å². The predicted molar refractivity (Wildman–Crippen MR) is 90.0 cm³/mol. The largest absolute Gasteiger partial charge is 0.497 e. The minimum absolute atomic E-state index is 0.499. The van der Waals surface area contributed by atoms with Crippen molar-refractivity contribution in [2.24, 2.45) is 5.92 Å². The summed E-state index contributed by atoms with van der Waals surface area (Å²) in [6.45, 7) is 5.55. The number of hydrogen-bond donors (Lipinski definition) is 1. The van der Waals surface area contributed by atoms with Crippen molar-refractivity contribution in [2.45, 2.75) is 64.8 Å². The molecule has 21 heavy (non-hydrogen) atoms. The van der Waals surface area contributed by atoms with Gasteiger partial charge in [0.25, 0.3) is 0 Å². The lowest BCUT2D eigenvalue weighted by Crippen LogP contribution is -2.26. The second kappa shape index (κ2) is 8.43. The summed E-state index contributed by atoms with van der Waals surface area (Å²) in [6.07, 6.45) is 9.59. The molecule has 0 aromatic heterocycles. The third-order valence-electron chi connectivity index (χ3n) is 4.79. The zero-order chi connectivity index (χ0) is 15.1. The van der Waals surface area contributed by atoms with Gasteiger partial charge in [0.1, 0.15) is 5.75 Å². The Morgan fingerprint density at radius 1 is 1.24 bits per heavy atom. The van der Waals surface area contributed by atoms with Gasteiger partial charge in [0.2, 0.25) is 0 Å². The van der Waals surface area contributed by atoms with Gasteiger partial charge in [-0.25, -0.2) is 0 Å². The lowest BCUT2D eigenvalue weighted by Gasteiger charge is -2.28. The highest BCUT2D eigenvalue weighted by Gasteiger charge is 2.21. The molecule has 0 aliphatic heterocycles. The van der Waals surface area contributed by atoms with Gasteiger partial charge in [-0.1, -0.05) is 45.1 Å². The normalized spacial score (nSPS) is 17.7. The van der Waals surface area contributed by atoms with Crippen LogP contribution >= 0.6 is 0 Å². The number of nitrogens with one attached hydrogen (secondary N) is 1. The maximum Gasteiger partial charge on any atom is 0.119 e. The quantitative estimate of drug-likeness (QED) is 0.761. The van der Waals surface area contributed by atoms with Crippen LogP contribution in [-0.2, 0) is 0 Å². The Bertz CT molecular complexity index is 424. The van der Waals surface area contributed by atoms with Crippen molar-refractivity contribution in [3.8, 4) is 5.75 Å². The molecule has 1 saturated carbocycles. The number of rotatable bonds is 7. The van der Waals surface area contributed by atoms with E-state index in [1.807, 2.05) is 0 Å². The summed E-state index contributed by atoms with van der Waals surface area (Å²) in [5, 5.41) is 3.77. The van der Waals surface area contributed by atoms with E-state index in [9.17, 15) is 0 Å². The maximum absolute atomic E-state index is 5.34. The zero-order valence-electron chi connectivity index (χ0n) is 14.0. The van der Waals surface area contributed by atoms with Gasteiger partial charge in [-0.15, -0.1) is 0 Å². The fourth-order valence-corrected chi connectivity index (χ4v) is 3.56. The second-order valence-electron chi connectivity index (χ2n) is 6.47. The van der Waals surface area contributed by atoms with Crippen molar-refractivity contribution in [1.82, 2.24) is 5.32 Å². The Morgan fingerprint density at radius 3 is 2.62 bits per heavy atom. The monoisotopic (exact) mass is 289 g/mol. The molecule has 118 valence electrons. The molecule has 1 aromatic carbocycles. The third-order valence-corrected chi connectivity index (χ3v) is 4.79. The van der Waals surface area contributed by atoms with Crippen LogP contribution in [0.15, 0.2) is 18.2 Å². The van der Waals surface area contributed by atoms with Gasteiger partial charge in [0.15, 0.2) is 0 Å². The van der Waals surface area contributed by atoms with Crippen LogP contribution in [-0.4, -0.2) is 13.7 Å². The van der Waals surface area contributed by atoms with E-state index in [0.717, 1.165) is 18.2 Å². The standard InChI is InChI=1S/C19H31NO/c1-4-12-20-19(14-16-8-6-5-7-9-16)18-11-10-17(21-3)13-15(18)2/h10-11,13,16,19-20H,4-9,12,14H2,1-3H3. The fraction of sp³-hybridized carbons (Fsp3) is 0.684. The average molecular weight is 289 g/mol. The molecule has 2 nitrogen and oxygen atoms in total. The van der Waals surface area contributed by atoms with Crippen LogP contribution in [0.2, 0.25) is 0 Å². The molecule has 1 aliphatic carbocycles. The minimum Gasteiger partial charge on any atom is -0.497 e. The fourth-order valence-electron chi connectivity index (χ4n) is 3.56. The predicted octanol–water partition coefficient (Wildman–Crippen LogP) is 5.01. The lowest BCUT2D eigenvalue weighted by atomic mass is 9.82. The molecule has 1 fully saturated rings. The van der Waals surface area contributed by atoms with E-state index in [0.29, 0.717) is 6.04 Å². The van der Waals surface area contributed by atoms with Crippen LogP contribution in [0, 0.1) is 12.8 Å². The Balaban J connectivity index is 2.10. The Hall–Kier alpha value is -1.02. The molecule has 0 spiro atoms. The Morgan fingerprint density at radius 2 is 2.00 bits per heavy atom. The van der Waals surface area contributed by atoms with Gasteiger partial charge in [-0.2, -0.15) is 0 Å². The molecule has 1 N–H and O–H groups in total. The number of methoxy groups -OCH3 is 1. The Kier molecular flexibility index (Phi) is 6.56. The molecule has 1 aliphatic rings. The molecule has 0 bridgehead atoms. The van der Waals surface area contributed by atoms with E-state index in [1.54, 1.807) is 7.11 Å². The first-order valence-corrected chi connectivity index (χ1v) is 8.62. The second-order valence-corrected chi connectivity index (χ2v) is 6.47. The Labute approximate surface area is 130 Å². The van der Waals surface area contributed by atoms with Crippen LogP contribution < -0.4 is 10.1 Å². The molecule has 0 radical (unpaired) electrons. The van der Waals surface area contributed by atoms with Crippen molar-refractivity contribution < 1.29 is 4.74 Å². The van der Waals surface area contributed by atoms with E-state index < -0.39 is 0 Å². The van der Waals surface area contributed by atoms with Crippen LogP contribution in [0.5, 0.6) is 5.75 Å². The van der Waals surface area contributed by atoms with Crippen molar-refractivity contribution in [3.05, 3.63) is 29.3 Å². The zero-order valence-corrected chi connectivity index (χ0v) is 14.0. The SMILES string of the molecule is CCCNC(CC1CCCCC1)c1ccc(OC)cc1C. The van der Waals surface area contributed by atoms with Crippen LogP contribution in [0.3, 0.4) is 0 Å². The van der Waals surface area contributed by atoms with Crippen LogP contribution in [0.4, 0.5) is 0 Å². The number of hydrogen-bond acceptors (Lipinski definition) is 2. The number of aryl methyl sites for hydroxylation is 1. The van der Waals surface area contributed by atoms with Gasteiger partial charge in [-0.05, 0) is 55.5 Å². The average Bonchev–Trinajstić information content (AvgIpc) is 2.52. The molecular weight excluding hydrogens is 258 g/mol. The van der Waals surface area contributed by atoms with Gasteiger partial charge < -0.3 is 10.1 Å². The summed E-state index contributed by atoms with van der Waals surface area (Å²) in [7, 11) is 1.74. The van der Waals surface area contributed by atoms with Gasteiger partial charge >= 0.3 is 0 Å². The van der Waals surface area contributed by atoms with Gasteiger partial charge in [0, 0.05) is 6.04 Å². The molecule has 1 unspecified atom stereocenters. The first-order valence-electron chi connectivity index (χ1n) is 8.62. The molecule has 2 rings (SSSR count). The highest BCUT2D eigenvalue weighted by molar-refractivity contribution is 5.36. The van der Waals surface area contributed by atoms with Crippen molar-refractivity contribution in [1.29, 1.82) is 0 Å². The maximum atomic E-state index is 5.34. The van der Waals surface area contributed by atoms with Crippen LogP contribution in [0.1, 0.15) is 69.0 Å². The lowest BCUT2D eigenvalue weighted by molar-refractivity contribution is 0.299. The number of ether oxygens (including phenoxy) is 1. The third kappa shape index (κ3) is 4.74. The number of benzene rings is 1. The van der Waals surface area contributed by atoms with Gasteiger partial charge in [-0.3, -0.25) is 0 Å². The van der Waals surface area contributed by atoms with Crippen molar-refractivity contribution in [3.63, 3.8) is 0 Å². The molecule has 0 heterocycles. The van der Waals surface area contributed by atoms with Crippen molar-refractivity contribution in [2.75, 3.05) is 13.7 Å². The van der Waals surface area contributed by atoms with Gasteiger partial charge in [0.05, 0.1) is 7.11 Å².